The molecule has 0 spiro atoms. The first kappa shape index (κ1) is 10.5. The summed E-state index contributed by atoms with van der Waals surface area (Å²) in [7, 11) is 0. The van der Waals surface area contributed by atoms with E-state index in [2.05, 4.69) is 9.47 Å². The van der Waals surface area contributed by atoms with Crippen LogP contribution in [0.25, 0.3) is 0 Å². The summed E-state index contributed by atoms with van der Waals surface area (Å²) in [4.78, 5) is 0. The predicted molar refractivity (Wildman–Crippen MR) is 19.1 cm³/mol. The van der Waals surface area contributed by atoms with Crippen LogP contribution in [0.2, 0.25) is 0 Å². The molecule has 0 aliphatic carbocycles. The molecule has 0 bridgehead atoms. The lowest BCUT2D eigenvalue weighted by atomic mass is 11.1. The van der Waals surface area contributed by atoms with Crippen molar-refractivity contribution in [3.63, 3.8) is 0 Å². The molecule has 0 atom stereocenters. The Kier molecular flexibility index (Phi) is 3.12. The molecule has 0 radical (unpaired) electrons. The molecule has 0 saturated heterocycles. The molecular formula is C3H2F6O2. The van der Waals surface area contributed by atoms with Gasteiger partial charge in [0.1, 0.15) is 0 Å². The minimum Gasteiger partial charge on any atom is -0.264 e. The van der Waals surface area contributed by atoms with Crippen molar-refractivity contribution in [2.45, 2.75) is 12.7 Å². The highest BCUT2D eigenvalue weighted by molar-refractivity contribution is 4.34. The molecule has 0 aromatic rings. The van der Waals surface area contributed by atoms with Gasteiger partial charge in [-0.15, -0.1) is 22.0 Å². The normalized spacial score (nSPS) is 13.6. The Bertz CT molecular complexity index is 119. The summed E-state index contributed by atoms with van der Waals surface area (Å²) < 4.78 is 71.6. The Hall–Kier alpha value is -0.500. The quantitative estimate of drug-likeness (QED) is 0.493. The number of hydrogen-bond donors (Lipinski definition) is 0. The summed E-state index contributed by atoms with van der Waals surface area (Å²) in [5.41, 5.74) is 0. The molecule has 2 nitrogen and oxygen atoms in total. The lowest BCUT2D eigenvalue weighted by molar-refractivity contribution is -0.500. The molecule has 8 heteroatoms. The van der Waals surface area contributed by atoms with Crippen LogP contribution in [0.3, 0.4) is 0 Å². The number of ether oxygens (including phenoxy) is 2. The molecule has 0 aliphatic heterocycles. The Morgan fingerprint density at radius 2 is 1.45 bits per heavy atom. The van der Waals surface area contributed by atoms with E-state index >= 15 is 0 Å². The van der Waals surface area contributed by atoms with E-state index in [0.717, 1.165) is 0 Å². The highest BCUT2D eigenvalue weighted by Crippen LogP contribution is 2.28. The van der Waals surface area contributed by atoms with Crippen LogP contribution < -0.4 is 0 Å². The van der Waals surface area contributed by atoms with E-state index < -0.39 is 19.5 Å². The molecule has 68 valence electrons. The Morgan fingerprint density at radius 3 is 1.73 bits per heavy atom. The number of rotatable bonds is 3. The van der Waals surface area contributed by atoms with Crippen LogP contribution in [-0.4, -0.2) is 19.5 Å². The highest BCUT2D eigenvalue weighted by atomic mass is 19.4. The molecular weight excluding hydrogens is 182 g/mol. The maximum absolute atomic E-state index is 11.5. The molecule has 0 fully saturated rings. The van der Waals surface area contributed by atoms with E-state index in [1.807, 2.05) is 0 Å². The summed E-state index contributed by atoms with van der Waals surface area (Å²) in [6, 6.07) is 0. The van der Waals surface area contributed by atoms with Crippen LogP contribution in [0.4, 0.5) is 26.3 Å². The summed E-state index contributed by atoms with van der Waals surface area (Å²) >= 11 is 0. The van der Waals surface area contributed by atoms with Crippen LogP contribution in [0, 0.1) is 0 Å². The van der Waals surface area contributed by atoms with E-state index in [-0.39, 0.29) is 0 Å². The minimum absolute atomic E-state index is 2.07. The second kappa shape index (κ2) is 3.26. The fourth-order valence-electron chi connectivity index (χ4n) is 0.228. The first-order valence-electron chi connectivity index (χ1n) is 2.11. The molecule has 0 heterocycles. The molecule has 0 saturated carbocycles. The van der Waals surface area contributed by atoms with Gasteiger partial charge >= 0.3 is 12.7 Å². The van der Waals surface area contributed by atoms with E-state index in [4.69, 9.17) is 0 Å². The Morgan fingerprint density at radius 1 is 1.00 bits per heavy atom. The third-order valence-corrected chi connectivity index (χ3v) is 0.457. The summed E-state index contributed by atoms with van der Waals surface area (Å²) in [6.45, 7) is -2.07. The van der Waals surface area contributed by atoms with Crippen LogP contribution in [0.5, 0.6) is 0 Å². The largest absolute Gasteiger partial charge is 0.529 e. The van der Waals surface area contributed by atoms with Crippen LogP contribution in [0.15, 0.2) is 0 Å². The van der Waals surface area contributed by atoms with Gasteiger partial charge in [0.15, 0.2) is 6.86 Å². The van der Waals surface area contributed by atoms with E-state index in [1.165, 1.54) is 0 Å². The summed E-state index contributed by atoms with van der Waals surface area (Å²) in [5, 5.41) is 0. The monoisotopic (exact) mass is 184 g/mol. The second-order valence-corrected chi connectivity index (χ2v) is 1.26. The predicted octanol–water partition coefficient (Wildman–Crippen LogP) is 2.02. The van der Waals surface area contributed by atoms with Crippen molar-refractivity contribution in [2.75, 3.05) is 6.86 Å². The van der Waals surface area contributed by atoms with Gasteiger partial charge in [-0.25, -0.2) is 9.13 Å². The fourth-order valence-corrected chi connectivity index (χ4v) is 0.228. The van der Waals surface area contributed by atoms with E-state index in [1.54, 1.807) is 0 Å². The fraction of sp³-hybridized carbons (Fsp3) is 1.00. The lowest BCUT2D eigenvalue weighted by Crippen LogP contribution is -2.32. The van der Waals surface area contributed by atoms with Gasteiger partial charge in [-0.2, -0.15) is 0 Å². The molecule has 0 amide bonds. The zero-order valence-electron chi connectivity index (χ0n) is 4.79. The molecule has 0 aliphatic rings. The van der Waals surface area contributed by atoms with E-state index in [0.29, 0.717) is 0 Å². The van der Waals surface area contributed by atoms with Gasteiger partial charge in [-0.1, -0.05) is 0 Å². The van der Waals surface area contributed by atoms with Gasteiger partial charge < -0.3 is 0 Å². The van der Waals surface area contributed by atoms with Crippen molar-refractivity contribution in [1.29, 1.82) is 0 Å². The average molecular weight is 184 g/mol. The molecule has 0 rings (SSSR count). The van der Waals surface area contributed by atoms with Gasteiger partial charge in [0.25, 0.3) is 0 Å². The van der Waals surface area contributed by atoms with Gasteiger partial charge in [0, 0.05) is 0 Å². The van der Waals surface area contributed by atoms with Crippen molar-refractivity contribution in [3.05, 3.63) is 0 Å². The maximum Gasteiger partial charge on any atom is 0.529 e. The van der Waals surface area contributed by atoms with E-state index in [9.17, 15) is 26.3 Å². The second-order valence-electron chi connectivity index (χ2n) is 1.26. The maximum atomic E-state index is 11.5. The average Bonchev–Trinajstić information content (AvgIpc) is 1.55. The molecule has 0 aromatic heterocycles. The topological polar surface area (TPSA) is 18.5 Å². The molecule has 0 unspecified atom stereocenters. The number of hydrogen-bond acceptors (Lipinski definition) is 2. The smallest absolute Gasteiger partial charge is 0.264 e. The third kappa shape index (κ3) is 5.92. The van der Waals surface area contributed by atoms with Gasteiger partial charge in [-0.05, 0) is 0 Å². The van der Waals surface area contributed by atoms with Crippen molar-refractivity contribution in [3.8, 4) is 0 Å². The summed E-state index contributed by atoms with van der Waals surface area (Å²) in [6.07, 6.45) is -10.5. The van der Waals surface area contributed by atoms with Gasteiger partial charge in [-0.3, -0.25) is 4.74 Å². The first-order chi connectivity index (χ1) is 4.77. The van der Waals surface area contributed by atoms with Crippen molar-refractivity contribution in [2.24, 2.45) is 0 Å². The SMILES string of the molecule is FCOC(F)(F)OC(F)(F)F. The zero-order chi connectivity index (χ0) is 9.12. The molecule has 0 N–H and O–H groups in total. The van der Waals surface area contributed by atoms with Gasteiger partial charge in [0.05, 0.1) is 0 Å². The Balaban J connectivity index is 3.91. The van der Waals surface area contributed by atoms with Gasteiger partial charge in [0.2, 0.25) is 0 Å². The van der Waals surface area contributed by atoms with Crippen LogP contribution >= 0.6 is 0 Å². The summed E-state index contributed by atoms with van der Waals surface area (Å²) in [5.74, 6) is 0. The Labute approximate surface area is 56.7 Å². The van der Waals surface area contributed by atoms with Crippen molar-refractivity contribution >= 4 is 0 Å². The lowest BCUT2D eigenvalue weighted by Gasteiger charge is -2.15. The van der Waals surface area contributed by atoms with Crippen LogP contribution in [-0.2, 0) is 9.47 Å². The van der Waals surface area contributed by atoms with Crippen LogP contribution in [0.1, 0.15) is 0 Å². The highest BCUT2D eigenvalue weighted by Gasteiger charge is 2.46. The van der Waals surface area contributed by atoms with Crippen molar-refractivity contribution in [1.82, 2.24) is 0 Å². The standard InChI is InChI=1S/C3H2F6O2/c4-1-10-3(8,9)11-2(5,6)7/h1H2. The zero-order valence-corrected chi connectivity index (χ0v) is 4.79. The molecule has 0 aromatic carbocycles. The first-order valence-corrected chi connectivity index (χ1v) is 2.11. The number of halogens is 6. The third-order valence-electron chi connectivity index (χ3n) is 0.457. The van der Waals surface area contributed by atoms with Crippen molar-refractivity contribution < 1.29 is 35.8 Å². The molecule has 11 heavy (non-hydrogen) atoms. The minimum atomic E-state index is -5.56. The number of alkyl halides is 6.